The van der Waals surface area contributed by atoms with Gasteiger partial charge in [0.1, 0.15) is 12.4 Å². The predicted molar refractivity (Wildman–Crippen MR) is 120 cm³/mol. The van der Waals surface area contributed by atoms with Gasteiger partial charge in [-0.15, -0.1) is 10.2 Å². The first-order valence-corrected chi connectivity index (χ1v) is 10.3. The summed E-state index contributed by atoms with van der Waals surface area (Å²) in [6, 6.07) is 16.7. The fourth-order valence-corrected chi connectivity index (χ4v) is 2.87. The van der Waals surface area contributed by atoms with Gasteiger partial charge in [0.15, 0.2) is 18.1 Å². The predicted octanol–water partition coefficient (Wildman–Crippen LogP) is 3.43. The van der Waals surface area contributed by atoms with Gasteiger partial charge in [-0.2, -0.15) is 0 Å². The van der Waals surface area contributed by atoms with Crippen molar-refractivity contribution in [2.75, 3.05) is 33.5 Å². The summed E-state index contributed by atoms with van der Waals surface area (Å²) < 4.78 is 21.8. The molecule has 3 rings (SSSR count). The van der Waals surface area contributed by atoms with E-state index >= 15 is 0 Å². The van der Waals surface area contributed by atoms with Crippen LogP contribution in [0.15, 0.2) is 54.6 Å². The van der Waals surface area contributed by atoms with E-state index in [1.54, 1.807) is 19.2 Å². The number of ether oxygens (including phenoxy) is 4. The average Bonchev–Trinajstić information content (AvgIpc) is 2.82. The number of aryl methyl sites for hydroxylation is 1. The Kier molecular flexibility index (Phi) is 8.25. The molecule has 0 unspecified atom stereocenters. The summed E-state index contributed by atoms with van der Waals surface area (Å²) >= 11 is 0. The first-order chi connectivity index (χ1) is 15.6. The van der Waals surface area contributed by atoms with Crippen LogP contribution in [0.5, 0.6) is 23.1 Å². The quantitative estimate of drug-likeness (QED) is 0.460. The molecule has 0 saturated heterocycles. The number of hydrogen-bond donors (Lipinski definition) is 1. The molecular formula is C24H27N3O5. The molecule has 0 atom stereocenters. The van der Waals surface area contributed by atoms with Gasteiger partial charge in [0.25, 0.3) is 5.91 Å². The highest BCUT2D eigenvalue weighted by Crippen LogP contribution is 2.27. The van der Waals surface area contributed by atoms with Crippen LogP contribution in [0.1, 0.15) is 12.5 Å². The molecule has 8 nitrogen and oxygen atoms in total. The smallest absolute Gasteiger partial charge is 0.258 e. The van der Waals surface area contributed by atoms with Crippen LogP contribution in [-0.2, 0) is 4.79 Å². The van der Waals surface area contributed by atoms with Crippen LogP contribution in [0.4, 0.5) is 0 Å². The second-order valence-corrected chi connectivity index (χ2v) is 6.86. The third-order valence-corrected chi connectivity index (χ3v) is 4.45. The molecular weight excluding hydrogens is 410 g/mol. The van der Waals surface area contributed by atoms with E-state index in [0.29, 0.717) is 30.5 Å². The molecule has 0 aliphatic rings. The van der Waals surface area contributed by atoms with Crippen molar-refractivity contribution in [2.24, 2.45) is 0 Å². The molecule has 2 aromatic carbocycles. The normalized spacial score (nSPS) is 10.3. The molecule has 1 heterocycles. The van der Waals surface area contributed by atoms with Crippen LogP contribution in [0.2, 0.25) is 0 Å². The molecule has 0 aliphatic heterocycles. The third kappa shape index (κ3) is 6.60. The zero-order valence-electron chi connectivity index (χ0n) is 18.5. The van der Waals surface area contributed by atoms with Gasteiger partial charge in [0, 0.05) is 11.6 Å². The largest absolute Gasteiger partial charge is 0.494 e. The van der Waals surface area contributed by atoms with Gasteiger partial charge in [-0.3, -0.25) is 4.79 Å². The minimum Gasteiger partial charge on any atom is -0.494 e. The van der Waals surface area contributed by atoms with E-state index in [2.05, 4.69) is 15.5 Å². The fraction of sp³-hybridized carbons (Fsp3) is 0.292. The molecule has 0 radical (unpaired) electrons. The van der Waals surface area contributed by atoms with Gasteiger partial charge in [-0.25, -0.2) is 0 Å². The Labute approximate surface area is 187 Å². The summed E-state index contributed by atoms with van der Waals surface area (Å²) in [5.74, 6) is 2.05. The number of rotatable bonds is 11. The maximum atomic E-state index is 12.0. The topological polar surface area (TPSA) is 91.8 Å². The van der Waals surface area contributed by atoms with Gasteiger partial charge in [-0.1, -0.05) is 6.07 Å². The zero-order valence-corrected chi connectivity index (χ0v) is 18.5. The summed E-state index contributed by atoms with van der Waals surface area (Å²) in [5.41, 5.74) is 2.72. The third-order valence-electron chi connectivity index (χ3n) is 4.45. The molecule has 3 aromatic rings. The Balaban J connectivity index is 1.39. The van der Waals surface area contributed by atoms with Crippen LogP contribution in [0.3, 0.4) is 0 Å². The number of amides is 1. The van der Waals surface area contributed by atoms with Gasteiger partial charge >= 0.3 is 0 Å². The van der Waals surface area contributed by atoms with Gasteiger partial charge in [-0.05, 0) is 61.9 Å². The van der Waals surface area contributed by atoms with E-state index < -0.39 is 0 Å². The first kappa shape index (κ1) is 22.9. The van der Waals surface area contributed by atoms with E-state index in [-0.39, 0.29) is 19.1 Å². The van der Waals surface area contributed by atoms with Crippen molar-refractivity contribution in [2.45, 2.75) is 13.8 Å². The maximum absolute atomic E-state index is 12.0. The van der Waals surface area contributed by atoms with E-state index in [1.807, 2.05) is 56.3 Å². The van der Waals surface area contributed by atoms with Crippen LogP contribution >= 0.6 is 0 Å². The minimum atomic E-state index is -0.256. The summed E-state index contributed by atoms with van der Waals surface area (Å²) in [5, 5.41) is 11.0. The Bertz CT molecular complexity index is 1010. The van der Waals surface area contributed by atoms with Gasteiger partial charge < -0.3 is 24.3 Å². The summed E-state index contributed by atoms with van der Waals surface area (Å²) in [7, 11) is 1.56. The highest BCUT2D eigenvalue weighted by atomic mass is 16.5. The summed E-state index contributed by atoms with van der Waals surface area (Å²) in [4.78, 5) is 12.0. The van der Waals surface area contributed by atoms with Crippen LogP contribution < -0.4 is 24.3 Å². The number of nitrogens with zero attached hydrogens (tertiary/aromatic N) is 2. The lowest BCUT2D eigenvalue weighted by Gasteiger charge is -2.11. The molecule has 1 amide bonds. The monoisotopic (exact) mass is 437 g/mol. The van der Waals surface area contributed by atoms with E-state index in [4.69, 9.17) is 18.9 Å². The number of methoxy groups -OCH3 is 1. The molecule has 8 heteroatoms. The van der Waals surface area contributed by atoms with E-state index in [1.165, 1.54) is 0 Å². The van der Waals surface area contributed by atoms with E-state index in [0.717, 1.165) is 22.6 Å². The Hall–Kier alpha value is -3.81. The van der Waals surface area contributed by atoms with Gasteiger partial charge in [0.2, 0.25) is 5.88 Å². The molecule has 1 N–H and O–H groups in total. The minimum absolute atomic E-state index is 0.115. The van der Waals surface area contributed by atoms with Crippen molar-refractivity contribution in [1.82, 2.24) is 15.5 Å². The standard InChI is InChI=1S/C24H27N3O5/c1-4-30-19-8-6-18(7-9-19)20-10-12-24(27-26-20)31-14-13-25-23(28)16-32-21-11-5-17(2)15-22(21)29-3/h5-12,15H,4,13-14,16H2,1-3H3,(H,25,28). The lowest BCUT2D eigenvalue weighted by atomic mass is 10.1. The second-order valence-electron chi connectivity index (χ2n) is 6.86. The maximum Gasteiger partial charge on any atom is 0.258 e. The molecule has 168 valence electrons. The van der Waals surface area contributed by atoms with E-state index in [9.17, 15) is 4.79 Å². The van der Waals surface area contributed by atoms with Crippen molar-refractivity contribution >= 4 is 5.91 Å². The number of aromatic nitrogens is 2. The van der Waals surface area contributed by atoms with Gasteiger partial charge in [0.05, 0.1) is 26.0 Å². The highest BCUT2D eigenvalue weighted by molar-refractivity contribution is 5.77. The molecule has 0 saturated carbocycles. The van der Waals surface area contributed by atoms with Crippen molar-refractivity contribution in [3.63, 3.8) is 0 Å². The SMILES string of the molecule is CCOc1ccc(-c2ccc(OCCNC(=O)COc3ccc(C)cc3OC)nn2)cc1. The Morgan fingerprint density at radius 3 is 2.44 bits per heavy atom. The average molecular weight is 437 g/mol. The lowest BCUT2D eigenvalue weighted by Crippen LogP contribution is -2.32. The molecule has 0 aliphatic carbocycles. The van der Waals surface area contributed by atoms with Crippen molar-refractivity contribution in [3.8, 4) is 34.4 Å². The molecule has 0 bridgehead atoms. The zero-order chi connectivity index (χ0) is 22.8. The number of nitrogens with one attached hydrogen (secondary N) is 1. The molecule has 1 aromatic heterocycles. The molecule has 0 spiro atoms. The molecule has 32 heavy (non-hydrogen) atoms. The first-order valence-electron chi connectivity index (χ1n) is 10.3. The lowest BCUT2D eigenvalue weighted by molar-refractivity contribution is -0.123. The number of carbonyl (C=O) groups is 1. The Morgan fingerprint density at radius 2 is 1.75 bits per heavy atom. The molecule has 0 fully saturated rings. The summed E-state index contributed by atoms with van der Waals surface area (Å²) in [6.45, 7) is 4.99. The Morgan fingerprint density at radius 1 is 0.938 bits per heavy atom. The van der Waals surface area contributed by atoms with Crippen LogP contribution in [0.25, 0.3) is 11.3 Å². The van der Waals surface area contributed by atoms with Crippen LogP contribution in [-0.4, -0.2) is 49.6 Å². The van der Waals surface area contributed by atoms with Crippen molar-refractivity contribution in [1.29, 1.82) is 0 Å². The highest BCUT2D eigenvalue weighted by Gasteiger charge is 2.08. The fourth-order valence-electron chi connectivity index (χ4n) is 2.87. The second kappa shape index (κ2) is 11.5. The summed E-state index contributed by atoms with van der Waals surface area (Å²) in [6.07, 6.45) is 0. The number of benzene rings is 2. The van der Waals surface area contributed by atoms with Crippen LogP contribution in [0, 0.1) is 6.92 Å². The van der Waals surface area contributed by atoms with Crippen molar-refractivity contribution in [3.05, 3.63) is 60.2 Å². The number of carbonyl (C=O) groups excluding carboxylic acids is 1. The van der Waals surface area contributed by atoms with Crippen molar-refractivity contribution < 1.29 is 23.7 Å². The number of hydrogen-bond acceptors (Lipinski definition) is 7.